The Balaban J connectivity index is 1.55. The Morgan fingerprint density at radius 1 is 1.10 bits per heavy atom. The minimum absolute atomic E-state index is 0.0165. The molecular formula is C25H23ClN2OS. The van der Waals surface area contributed by atoms with E-state index in [0.717, 1.165) is 51.7 Å². The maximum absolute atomic E-state index is 13.2. The van der Waals surface area contributed by atoms with Gasteiger partial charge < -0.3 is 5.32 Å². The zero-order valence-electron chi connectivity index (χ0n) is 16.8. The van der Waals surface area contributed by atoms with Crippen LogP contribution in [0.1, 0.15) is 59.3 Å². The molecule has 0 spiro atoms. The van der Waals surface area contributed by atoms with Crippen LogP contribution >= 0.6 is 23.8 Å². The first-order valence-electron chi connectivity index (χ1n) is 10.4. The van der Waals surface area contributed by atoms with E-state index < -0.39 is 0 Å². The number of anilines is 1. The summed E-state index contributed by atoms with van der Waals surface area (Å²) in [5, 5.41) is 4.24. The summed E-state index contributed by atoms with van der Waals surface area (Å²) in [5.41, 5.74) is 6.76. The summed E-state index contributed by atoms with van der Waals surface area (Å²) in [6.07, 6.45) is 3.59. The van der Waals surface area contributed by atoms with Crippen LogP contribution in [0, 0.1) is 6.92 Å². The van der Waals surface area contributed by atoms with Crippen molar-refractivity contribution in [1.29, 1.82) is 0 Å². The molecule has 0 radical (unpaired) electrons. The van der Waals surface area contributed by atoms with E-state index >= 15 is 0 Å². The van der Waals surface area contributed by atoms with Crippen LogP contribution in [0.5, 0.6) is 0 Å². The molecule has 0 saturated heterocycles. The van der Waals surface area contributed by atoms with Crippen LogP contribution < -0.4 is 10.9 Å². The van der Waals surface area contributed by atoms with E-state index in [1.807, 2.05) is 34.9 Å². The van der Waals surface area contributed by atoms with Crippen molar-refractivity contribution in [1.82, 2.24) is 4.57 Å². The zero-order valence-corrected chi connectivity index (χ0v) is 18.4. The van der Waals surface area contributed by atoms with Crippen molar-refractivity contribution in [3.8, 4) is 0 Å². The number of rotatable bonds is 5. The summed E-state index contributed by atoms with van der Waals surface area (Å²) in [6, 6.07) is 17.9. The van der Waals surface area contributed by atoms with Crippen molar-refractivity contribution in [3.05, 3.63) is 97.9 Å². The number of thiocarbonyl (C=S) groups is 1. The fourth-order valence-electron chi connectivity index (χ4n) is 4.40. The van der Waals surface area contributed by atoms with Gasteiger partial charge in [0.2, 0.25) is 0 Å². The zero-order chi connectivity index (χ0) is 20.8. The lowest BCUT2D eigenvalue weighted by Crippen LogP contribution is -2.28. The van der Waals surface area contributed by atoms with Gasteiger partial charge in [0.05, 0.1) is 5.69 Å². The van der Waals surface area contributed by atoms with Gasteiger partial charge >= 0.3 is 0 Å². The Labute approximate surface area is 186 Å². The highest BCUT2D eigenvalue weighted by molar-refractivity contribution is 7.80. The number of nitrogens with zero attached hydrogens (tertiary/aromatic N) is 1. The van der Waals surface area contributed by atoms with Crippen molar-refractivity contribution in [2.24, 2.45) is 0 Å². The Kier molecular flexibility index (Phi) is 5.00. The predicted octanol–water partition coefficient (Wildman–Crippen LogP) is 6.01. The highest BCUT2D eigenvalue weighted by atomic mass is 35.5. The molecule has 1 aliphatic carbocycles. The first kappa shape index (κ1) is 19.5. The minimum atomic E-state index is -0.134. The molecule has 0 unspecified atom stereocenters. The number of fused-ring (bicyclic) bond motifs is 1. The number of hydrogen-bond donors (Lipinski definition) is 1. The molecule has 2 aromatic carbocycles. The quantitative estimate of drug-likeness (QED) is 0.499. The average molecular weight is 435 g/mol. The predicted molar refractivity (Wildman–Crippen MR) is 127 cm³/mol. The number of aromatic nitrogens is 1. The van der Waals surface area contributed by atoms with Gasteiger partial charge in [-0.2, -0.15) is 0 Å². The Hall–Kier alpha value is -2.43. The van der Waals surface area contributed by atoms with Crippen LogP contribution in [0.4, 0.5) is 5.69 Å². The van der Waals surface area contributed by atoms with Crippen LogP contribution in [-0.4, -0.2) is 9.43 Å². The number of aryl methyl sites for hydroxylation is 1. The monoisotopic (exact) mass is 434 g/mol. The SMILES string of the molecule is Cc1ccc(N[C@H]2CC(=S)c3c(C4CC4)c(Cc4ccc(Cl)cc4)cc(=O)n32)cc1. The van der Waals surface area contributed by atoms with Gasteiger partial charge in [-0.1, -0.05) is 53.6 Å². The lowest BCUT2D eigenvalue weighted by Gasteiger charge is -2.20. The molecule has 3 nitrogen and oxygen atoms in total. The summed E-state index contributed by atoms with van der Waals surface area (Å²) in [5.74, 6) is 0.505. The Morgan fingerprint density at radius 3 is 2.47 bits per heavy atom. The summed E-state index contributed by atoms with van der Waals surface area (Å²) in [6.45, 7) is 2.07. The third-order valence-electron chi connectivity index (χ3n) is 6.01. The van der Waals surface area contributed by atoms with E-state index in [1.54, 1.807) is 0 Å². The third-order valence-corrected chi connectivity index (χ3v) is 6.62. The molecule has 2 heterocycles. The number of benzene rings is 2. The molecule has 3 aromatic rings. The molecule has 152 valence electrons. The molecule has 1 aliphatic heterocycles. The van der Waals surface area contributed by atoms with Crippen molar-refractivity contribution < 1.29 is 0 Å². The van der Waals surface area contributed by atoms with E-state index in [-0.39, 0.29) is 11.7 Å². The second kappa shape index (κ2) is 7.68. The number of pyridine rings is 1. The Bertz CT molecular complexity index is 1180. The number of nitrogens with one attached hydrogen (secondary N) is 1. The number of hydrogen-bond acceptors (Lipinski definition) is 3. The van der Waals surface area contributed by atoms with Crippen molar-refractivity contribution in [3.63, 3.8) is 0 Å². The molecular weight excluding hydrogens is 412 g/mol. The largest absolute Gasteiger partial charge is 0.365 e. The molecule has 30 heavy (non-hydrogen) atoms. The second-order valence-corrected chi connectivity index (χ2v) is 9.30. The molecule has 1 fully saturated rings. The van der Waals surface area contributed by atoms with E-state index in [9.17, 15) is 4.79 Å². The number of halogens is 1. The van der Waals surface area contributed by atoms with Gasteiger partial charge in [-0.15, -0.1) is 0 Å². The van der Waals surface area contributed by atoms with Crippen molar-refractivity contribution >= 4 is 34.4 Å². The minimum Gasteiger partial charge on any atom is -0.365 e. The van der Waals surface area contributed by atoms with Gasteiger partial charge in [-0.25, -0.2) is 0 Å². The molecule has 0 bridgehead atoms. The van der Waals surface area contributed by atoms with E-state index in [1.165, 1.54) is 11.1 Å². The van der Waals surface area contributed by atoms with Crippen LogP contribution in [0.25, 0.3) is 0 Å². The van der Waals surface area contributed by atoms with E-state index in [0.29, 0.717) is 12.3 Å². The fourth-order valence-corrected chi connectivity index (χ4v) is 4.89. The second-order valence-electron chi connectivity index (χ2n) is 8.37. The fraction of sp³-hybridized carbons (Fsp3) is 0.280. The molecule has 1 N–H and O–H groups in total. The lowest BCUT2D eigenvalue weighted by atomic mass is 9.95. The van der Waals surface area contributed by atoms with Gasteiger partial charge in [0.25, 0.3) is 5.56 Å². The molecule has 5 heteroatoms. The normalized spacial score (nSPS) is 17.8. The first-order valence-corrected chi connectivity index (χ1v) is 11.2. The molecule has 1 saturated carbocycles. The highest BCUT2D eigenvalue weighted by Crippen LogP contribution is 2.45. The van der Waals surface area contributed by atoms with Crippen LogP contribution in [-0.2, 0) is 6.42 Å². The van der Waals surface area contributed by atoms with Crippen LogP contribution in [0.3, 0.4) is 0 Å². The summed E-state index contributed by atoms with van der Waals surface area (Å²) >= 11 is 11.8. The molecule has 1 aromatic heterocycles. The first-order chi connectivity index (χ1) is 14.5. The standard InChI is InChI=1S/C25H23ClN2OS/c1-15-2-10-20(11-3-15)27-22-14-21(30)25-24(17-6-7-17)18(13-23(29)28(22)25)12-16-4-8-19(26)9-5-16/h2-5,8-11,13,17,22,27H,6-7,12,14H2,1H3/t22-/m1/s1. The Morgan fingerprint density at radius 2 is 1.80 bits per heavy atom. The van der Waals surface area contributed by atoms with Crippen LogP contribution in [0.15, 0.2) is 59.4 Å². The molecule has 5 rings (SSSR count). The average Bonchev–Trinajstić information content (AvgIpc) is 3.50. The third kappa shape index (κ3) is 3.70. The van der Waals surface area contributed by atoms with Gasteiger partial charge in [0, 0.05) is 28.1 Å². The molecule has 0 amide bonds. The lowest BCUT2D eigenvalue weighted by molar-refractivity contribution is 0.588. The highest BCUT2D eigenvalue weighted by Gasteiger charge is 2.37. The van der Waals surface area contributed by atoms with Crippen molar-refractivity contribution in [2.45, 2.75) is 44.7 Å². The smallest absolute Gasteiger partial charge is 0.253 e. The van der Waals surface area contributed by atoms with Gasteiger partial charge in [-0.3, -0.25) is 9.36 Å². The maximum Gasteiger partial charge on any atom is 0.253 e. The maximum atomic E-state index is 13.2. The van der Waals surface area contributed by atoms with Crippen molar-refractivity contribution in [2.75, 3.05) is 5.32 Å². The molecule has 1 atom stereocenters. The van der Waals surface area contributed by atoms with Crippen LogP contribution in [0.2, 0.25) is 5.02 Å². The van der Waals surface area contributed by atoms with Gasteiger partial charge in [0.15, 0.2) is 0 Å². The summed E-state index contributed by atoms with van der Waals surface area (Å²) in [7, 11) is 0. The topological polar surface area (TPSA) is 34.0 Å². The molecule has 2 aliphatic rings. The van der Waals surface area contributed by atoms with Gasteiger partial charge in [0.1, 0.15) is 6.17 Å². The van der Waals surface area contributed by atoms with E-state index in [4.69, 9.17) is 23.8 Å². The van der Waals surface area contributed by atoms with Gasteiger partial charge in [-0.05, 0) is 73.1 Å². The summed E-state index contributed by atoms with van der Waals surface area (Å²) in [4.78, 5) is 14.1. The van der Waals surface area contributed by atoms with E-state index in [2.05, 4.69) is 36.5 Å². The summed E-state index contributed by atoms with van der Waals surface area (Å²) < 4.78 is 1.89.